The number of alkyl halides is 3. The maximum absolute atomic E-state index is 13.2. The molecule has 35 heavy (non-hydrogen) atoms. The minimum absolute atomic E-state index is 0.286. The molecule has 1 unspecified atom stereocenters. The quantitative estimate of drug-likeness (QED) is 0.538. The van der Waals surface area contributed by atoms with Crippen molar-refractivity contribution in [2.45, 2.75) is 33.0 Å². The van der Waals surface area contributed by atoms with E-state index in [-0.39, 0.29) is 17.0 Å². The third kappa shape index (κ3) is 6.21. The summed E-state index contributed by atoms with van der Waals surface area (Å²) in [6.45, 7) is 5.00. The van der Waals surface area contributed by atoms with Crippen molar-refractivity contribution in [1.82, 2.24) is 25.1 Å². The minimum Gasteiger partial charge on any atom is -0.342 e. The third-order valence-corrected chi connectivity index (χ3v) is 6.58. The lowest BCUT2D eigenvalue weighted by atomic mass is 10.0. The number of halogens is 3. The van der Waals surface area contributed by atoms with Gasteiger partial charge in [-0.15, -0.1) is 5.10 Å². The van der Waals surface area contributed by atoms with Gasteiger partial charge in [0.05, 0.1) is 35.1 Å². The highest BCUT2D eigenvalue weighted by atomic mass is 32.2. The molecule has 184 valence electrons. The number of aromatic nitrogens is 4. The van der Waals surface area contributed by atoms with Crippen molar-refractivity contribution >= 4 is 21.3 Å². The molecule has 2 aromatic heterocycles. The Morgan fingerprint density at radius 1 is 1.31 bits per heavy atom. The van der Waals surface area contributed by atoms with Crippen molar-refractivity contribution in [1.29, 1.82) is 5.26 Å². The van der Waals surface area contributed by atoms with Crippen LogP contribution in [0.5, 0.6) is 0 Å². The van der Waals surface area contributed by atoms with Gasteiger partial charge in [0, 0.05) is 27.3 Å². The Morgan fingerprint density at radius 3 is 2.60 bits per heavy atom. The molecule has 1 aromatic carbocycles. The summed E-state index contributed by atoms with van der Waals surface area (Å²) in [5, 5.41) is 15.9. The molecule has 3 rings (SSSR count). The van der Waals surface area contributed by atoms with Crippen LogP contribution in [0.2, 0.25) is 0 Å². The van der Waals surface area contributed by atoms with Crippen molar-refractivity contribution in [3.8, 4) is 11.9 Å². The average molecular weight is 506 g/mol. The summed E-state index contributed by atoms with van der Waals surface area (Å²) >= 11 is 0. The fourth-order valence-corrected chi connectivity index (χ4v) is 3.74. The highest BCUT2D eigenvalue weighted by Crippen LogP contribution is 2.31. The van der Waals surface area contributed by atoms with Gasteiger partial charge in [0.2, 0.25) is 0 Å². The molecule has 1 N–H and O–H groups in total. The van der Waals surface area contributed by atoms with Crippen LogP contribution in [-0.4, -0.2) is 41.9 Å². The minimum atomic E-state index is -4.71. The lowest BCUT2D eigenvalue weighted by molar-refractivity contribution is -0.137. The van der Waals surface area contributed by atoms with E-state index in [1.807, 2.05) is 0 Å². The molecule has 9 nitrogen and oxygen atoms in total. The topological polar surface area (TPSA) is 126 Å². The average Bonchev–Trinajstić information content (AvgIpc) is 3.20. The van der Waals surface area contributed by atoms with E-state index in [0.29, 0.717) is 35.2 Å². The van der Waals surface area contributed by atoms with Crippen LogP contribution in [-0.2, 0) is 15.9 Å². The van der Waals surface area contributed by atoms with Crippen LogP contribution >= 0.6 is 0 Å². The summed E-state index contributed by atoms with van der Waals surface area (Å²) in [6.07, 6.45) is -1.73. The van der Waals surface area contributed by atoms with Crippen LogP contribution in [0.1, 0.15) is 53.0 Å². The number of carbonyl (C=O) groups is 1. The molecular formula is C22H22F3N7O2S. The molecule has 0 spiro atoms. The predicted molar refractivity (Wildman–Crippen MR) is 123 cm³/mol. The Morgan fingerprint density at radius 2 is 2.03 bits per heavy atom. The molecule has 0 aliphatic carbocycles. The Hall–Kier alpha value is -3.79. The van der Waals surface area contributed by atoms with E-state index in [0.717, 1.165) is 6.07 Å². The molecule has 0 saturated heterocycles. The first-order valence-electron chi connectivity index (χ1n) is 10.4. The molecule has 0 fully saturated rings. The van der Waals surface area contributed by atoms with E-state index in [2.05, 4.69) is 24.7 Å². The molecule has 2 heterocycles. The van der Waals surface area contributed by atoms with E-state index < -0.39 is 33.4 Å². The van der Waals surface area contributed by atoms with Gasteiger partial charge in [-0.2, -0.15) is 27.5 Å². The van der Waals surface area contributed by atoms with Gasteiger partial charge in [-0.25, -0.2) is 14.2 Å². The summed E-state index contributed by atoms with van der Waals surface area (Å²) in [4.78, 5) is 21.3. The summed E-state index contributed by atoms with van der Waals surface area (Å²) in [6, 6.07) is 6.53. The number of rotatable bonds is 6. The second kappa shape index (κ2) is 9.83. The molecule has 0 saturated carbocycles. The van der Waals surface area contributed by atoms with Gasteiger partial charge in [0.25, 0.3) is 5.91 Å². The molecule has 0 aliphatic heterocycles. The number of hydrogen-bond donors (Lipinski definition) is 1. The van der Waals surface area contributed by atoms with Crippen LogP contribution in [0.25, 0.3) is 5.82 Å². The van der Waals surface area contributed by atoms with Crippen LogP contribution < -0.4 is 5.32 Å². The number of hydrogen-bond acceptors (Lipinski definition) is 7. The zero-order valence-electron chi connectivity index (χ0n) is 19.3. The largest absolute Gasteiger partial charge is 0.416 e. The highest BCUT2D eigenvalue weighted by molar-refractivity contribution is 7.93. The van der Waals surface area contributed by atoms with Crippen molar-refractivity contribution in [3.63, 3.8) is 0 Å². The number of nitrogens with one attached hydrogen (secondary N) is 1. The predicted octanol–water partition coefficient (Wildman–Crippen LogP) is 4.10. The number of amides is 1. The first-order valence-corrected chi connectivity index (χ1v) is 12.4. The van der Waals surface area contributed by atoms with E-state index in [1.165, 1.54) is 10.9 Å². The van der Waals surface area contributed by atoms with Gasteiger partial charge in [-0.3, -0.25) is 4.79 Å². The van der Waals surface area contributed by atoms with Gasteiger partial charge in [-0.1, -0.05) is 6.92 Å². The SMILES string of the molecule is CCS(C)(=O)=Nc1ccc(-n2nc(C)nc2[C@H](C)NC(=O)c2cc(C#N)cc(C(F)(F)F)c2)nc1. The summed E-state index contributed by atoms with van der Waals surface area (Å²) < 4.78 is 57.3. The molecule has 0 radical (unpaired) electrons. The normalized spacial score (nSPS) is 14.0. The summed E-state index contributed by atoms with van der Waals surface area (Å²) in [5.41, 5.74) is -1.26. The highest BCUT2D eigenvalue weighted by Gasteiger charge is 2.32. The van der Waals surface area contributed by atoms with Gasteiger partial charge in [-0.05, 0) is 44.2 Å². The number of carbonyl (C=O) groups excluding carboxylic acids is 1. The van der Waals surface area contributed by atoms with Gasteiger partial charge in [0.15, 0.2) is 11.6 Å². The van der Waals surface area contributed by atoms with E-state index in [1.54, 1.807) is 45.2 Å². The van der Waals surface area contributed by atoms with E-state index in [4.69, 9.17) is 5.26 Å². The number of benzene rings is 1. The van der Waals surface area contributed by atoms with Crippen molar-refractivity contribution < 1.29 is 22.2 Å². The molecule has 3 aromatic rings. The fraction of sp³-hybridized carbons (Fsp3) is 0.318. The fourth-order valence-electron chi connectivity index (χ4n) is 3.06. The molecule has 0 aliphatic rings. The van der Waals surface area contributed by atoms with E-state index >= 15 is 0 Å². The Kier molecular flexibility index (Phi) is 7.25. The van der Waals surface area contributed by atoms with Crippen LogP contribution in [0.3, 0.4) is 0 Å². The number of nitriles is 1. The second-order valence-electron chi connectivity index (χ2n) is 7.75. The second-order valence-corrected chi connectivity index (χ2v) is 10.4. The maximum Gasteiger partial charge on any atom is 0.416 e. The first-order chi connectivity index (χ1) is 16.3. The van der Waals surface area contributed by atoms with Crippen LogP contribution in [0.4, 0.5) is 18.9 Å². The third-order valence-electron chi connectivity index (χ3n) is 4.91. The zero-order valence-corrected chi connectivity index (χ0v) is 20.1. The van der Waals surface area contributed by atoms with Gasteiger partial charge >= 0.3 is 6.18 Å². The molecular weight excluding hydrogens is 483 g/mol. The Labute approximate surface area is 200 Å². The lowest BCUT2D eigenvalue weighted by Crippen LogP contribution is -2.29. The smallest absolute Gasteiger partial charge is 0.342 e. The molecule has 13 heteroatoms. The first kappa shape index (κ1) is 25.8. The van der Waals surface area contributed by atoms with Crippen molar-refractivity contribution in [3.05, 3.63) is 64.9 Å². The molecule has 0 bridgehead atoms. The van der Waals surface area contributed by atoms with Crippen molar-refractivity contribution in [2.24, 2.45) is 4.36 Å². The molecule has 1 amide bonds. The number of nitrogens with zero attached hydrogens (tertiary/aromatic N) is 6. The van der Waals surface area contributed by atoms with Crippen LogP contribution in [0.15, 0.2) is 40.9 Å². The van der Waals surface area contributed by atoms with E-state index in [9.17, 15) is 22.2 Å². The zero-order chi connectivity index (χ0) is 26.0. The summed E-state index contributed by atoms with van der Waals surface area (Å²) in [5.74, 6) is 0.593. The number of aryl methyl sites for hydroxylation is 1. The lowest BCUT2D eigenvalue weighted by Gasteiger charge is -2.15. The monoisotopic (exact) mass is 505 g/mol. The summed E-state index contributed by atoms with van der Waals surface area (Å²) in [7, 11) is -2.36. The Bertz CT molecular complexity index is 1420. The maximum atomic E-state index is 13.2. The Balaban J connectivity index is 1.89. The van der Waals surface area contributed by atoms with Crippen molar-refractivity contribution in [2.75, 3.05) is 12.0 Å². The van der Waals surface area contributed by atoms with Gasteiger partial charge < -0.3 is 5.32 Å². The number of pyridine rings is 1. The standard InChI is InChI=1S/C22H22F3N7O2S/c1-5-35(4,34)31-18-6-7-19(27-12-18)32-20(29-14(3)30-32)13(2)28-21(33)16-8-15(11-26)9-17(10-16)22(23,24)25/h6-10,12-13H,5H2,1-4H3,(H,28,33)/t13-,35?/m0/s1. The molecule has 2 atom stereocenters. The van der Waals surface area contributed by atoms with Crippen LogP contribution in [0, 0.1) is 18.3 Å². The van der Waals surface area contributed by atoms with Gasteiger partial charge in [0.1, 0.15) is 5.82 Å².